The standard InChI is InChI=1S/C17H26N4O2S2.HI/c18-17(20-9-11-24-12-10-20)19-14-15-5-4-6-16(13-15)25(22,23)21-7-2-1-3-8-21;/h4-6,13H,1-3,7-12,14H2,(H2,18,19);1H. The van der Waals surface area contributed by atoms with Crippen LogP contribution >= 0.6 is 35.7 Å². The molecule has 146 valence electrons. The third-order valence-corrected chi connectivity index (χ3v) is 7.45. The third kappa shape index (κ3) is 5.49. The average Bonchev–Trinajstić information content (AvgIpc) is 2.67. The molecular weight excluding hydrogens is 483 g/mol. The summed E-state index contributed by atoms with van der Waals surface area (Å²) in [4.78, 5) is 6.90. The molecule has 0 amide bonds. The molecule has 0 aliphatic carbocycles. The van der Waals surface area contributed by atoms with Gasteiger partial charge in [-0.25, -0.2) is 13.4 Å². The molecule has 1 aromatic carbocycles. The van der Waals surface area contributed by atoms with E-state index in [-0.39, 0.29) is 24.0 Å². The summed E-state index contributed by atoms with van der Waals surface area (Å²) in [5, 5.41) is 0. The smallest absolute Gasteiger partial charge is 0.243 e. The zero-order chi connectivity index (χ0) is 17.7. The largest absolute Gasteiger partial charge is 0.370 e. The number of rotatable bonds is 4. The Bertz CT molecular complexity index is 715. The van der Waals surface area contributed by atoms with Crippen molar-refractivity contribution < 1.29 is 8.42 Å². The van der Waals surface area contributed by atoms with Crippen LogP contribution in [0.15, 0.2) is 34.2 Å². The lowest BCUT2D eigenvalue weighted by atomic mass is 10.2. The van der Waals surface area contributed by atoms with Gasteiger partial charge in [-0.1, -0.05) is 18.6 Å². The molecule has 0 unspecified atom stereocenters. The second kappa shape index (κ2) is 10.1. The first-order valence-corrected chi connectivity index (χ1v) is 11.4. The lowest BCUT2D eigenvalue weighted by molar-refractivity contribution is 0.346. The number of nitrogens with two attached hydrogens (primary N) is 1. The van der Waals surface area contributed by atoms with E-state index in [1.807, 2.05) is 17.8 Å². The van der Waals surface area contributed by atoms with E-state index in [2.05, 4.69) is 9.89 Å². The molecule has 0 aromatic heterocycles. The highest BCUT2D eigenvalue weighted by Crippen LogP contribution is 2.21. The Morgan fingerprint density at radius 3 is 2.50 bits per heavy atom. The molecule has 6 nitrogen and oxygen atoms in total. The van der Waals surface area contributed by atoms with E-state index in [4.69, 9.17) is 5.73 Å². The van der Waals surface area contributed by atoms with Gasteiger partial charge in [0.15, 0.2) is 5.96 Å². The van der Waals surface area contributed by atoms with Crippen LogP contribution in [0.4, 0.5) is 0 Å². The lowest BCUT2D eigenvalue weighted by Gasteiger charge is -2.27. The quantitative estimate of drug-likeness (QED) is 0.382. The molecule has 2 N–H and O–H groups in total. The Kier molecular flexibility index (Phi) is 8.49. The molecule has 3 rings (SSSR count). The SMILES string of the molecule is I.NC(=NCc1cccc(S(=O)(=O)N2CCCCC2)c1)N1CCSCC1. The number of aliphatic imine (C=N–C) groups is 1. The monoisotopic (exact) mass is 510 g/mol. The Morgan fingerprint density at radius 1 is 1.12 bits per heavy atom. The lowest BCUT2D eigenvalue weighted by Crippen LogP contribution is -2.42. The number of guanidine groups is 1. The minimum Gasteiger partial charge on any atom is -0.370 e. The summed E-state index contributed by atoms with van der Waals surface area (Å²) in [6.07, 6.45) is 2.98. The van der Waals surface area contributed by atoms with Gasteiger partial charge in [-0.2, -0.15) is 16.1 Å². The Balaban J connectivity index is 0.00000243. The van der Waals surface area contributed by atoms with Gasteiger partial charge in [-0.15, -0.1) is 24.0 Å². The molecule has 0 saturated carbocycles. The zero-order valence-electron chi connectivity index (χ0n) is 14.8. The van der Waals surface area contributed by atoms with Crippen molar-refractivity contribution in [1.82, 2.24) is 9.21 Å². The van der Waals surface area contributed by atoms with Crippen LogP contribution in [0.3, 0.4) is 0 Å². The van der Waals surface area contributed by atoms with Crippen LogP contribution in [0, 0.1) is 0 Å². The molecule has 0 radical (unpaired) electrons. The molecule has 0 spiro atoms. The van der Waals surface area contributed by atoms with Crippen molar-refractivity contribution in [3.8, 4) is 0 Å². The van der Waals surface area contributed by atoms with Gasteiger partial charge < -0.3 is 10.6 Å². The van der Waals surface area contributed by atoms with Gasteiger partial charge in [-0.05, 0) is 30.5 Å². The fraction of sp³-hybridized carbons (Fsp3) is 0.588. The Morgan fingerprint density at radius 2 is 1.81 bits per heavy atom. The highest BCUT2D eigenvalue weighted by Gasteiger charge is 2.25. The van der Waals surface area contributed by atoms with Crippen molar-refractivity contribution in [2.45, 2.75) is 30.7 Å². The maximum absolute atomic E-state index is 12.8. The molecule has 2 saturated heterocycles. The first kappa shape index (κ1) is 21.8. The molecule has 2 aliphatic heterocycles. The molecule has 2 fully saturated rings. The molecule has 0 bridgehead atoms. The second-order valence-corrected chi connectivity index (χ2v) is 9.55. The van der Waals surface area contributed by atoms with E-state index >= 15 is 0 Å². The summed E-state index contributed by atoms with van der Waals surface area (Å²) in [5.41, 5.74) is 6.95. The number of sulfonamides is 1. The molecule has 2 heterocycles. The van der Waals surface area contributed by atoms with Crippen LogP contribution in [-0.2, 0) is 16.6 Å². The minimum atomic E-state index is -3.40. The van der Waals surface area contributed by atoms with E-state index in [1.165, 1.54) is 0 Å². The third-order valence-electron chi connectivity index (χ3n) is 4.61. The molecule has 26 heavy (non-hydrogen) atoms. The van der Waals surface area contributed by atoms with Crippen molar-refractivity contribution in [2.75, 3.05) is 37.7 Å². The predicted molar refractivity (Wildman–Crippen MR) is 119 cm³/mol. The van der Waals surface area contributed by atoms with E-state index in [0.717, 1.165) is 49.4 Å². The maximum Gasteiger partial charge on any atom is 0.243 e. The van der Waals surface area contributed by atoms with Crippen molar-refractivity contribution in [2.24, 2.45) is 10.7 Å². The van der Waals surface area contributed by atoms with Gasteiger partial charge >= 0.3 is 0 Å². The van der Waals surface area contributed by atoms with Crippen molar-refractivity contribution in [3.05, 3.63) is 29.8 Å². The van der Waals surface area contributed by atoms with Gasteiger partial charge in [0.1, 0.15) is 0 Å². The van der Waals surface area contributed by atoms with Crippen LogP contribution in [0.1, 0.15) is 24.8 Å². The Hall–Kier alpha value is -0.520. The molecule has 1 aromatic rings. The van der Waals surface area contributed by atoms with Crippen LogP contribution in [0.2, 0.25) is 0 Å². The average molecular weight is 510 g/mol. The number of hydrogen-bond acceptors (Lipinski definition) is 4. The predicted octanol–water partition coefficient (Wildman–Crippen LogP) is 2.34. The van der Waals surface area contributed by atoms with Crippen LogP contribution in [0.25, 0.3) is 0 Å². The summed E-state index contributed by atoms with van der Waals surface area (Å²) in [6, 6.07) is 7.09. The molecule has 0 atom stereocenters. The highest BCUT2D eigenvalue weighted by atomic mass is 127. The van der Waals surface area contributed by atoms with E-state index in [9.17, 15) is 8.42 Å². The fourth-order valence-corrected chi connectivity index (χ4v) is 5.61. The van der Waals surface area contributed by atoms with E-state index in [0.29, 0.717) is 30.5 Å². The molecule has 2 aliphatic rings. The minimum absolute atomic E-state index is 0. The second-order valence-electron chi connectivity index (χ2n) is 6.39. The first-order chi connectivity index (χ1) is 12.1. The summed E-state index contributed by atoms with van der Waals surface area (Å²) in [5.74, 6) is 2.68. The summed E-state index contributed by atoms with van der Waals surface area (Å²) >= 11 is 1.93. The van der Waals surface area contributed by atoms with Gasteiger partial charge in [0.05, 0.1) is 11.4 Å². The van der Waals surface area contributed by atoms with Crippen LogP contribution in [0.5, 0.6) is 0 Å². The number of benzene rings is 1. The van der Waals surface area contributed by atoms with Gasteiger partial charge in [0.2, 0.25) is 10.0 Å². The maximum atomic E-state index is 12.8. The van der Waals surface area contributed by atoms with Gasteiger partial charge in [-0.3, -0.25) is 0 Å². The summed E-state index contributed by atoms with van der Waals surface area (Å²) in [7, 11) is -3.40. The summed E-state index contributed by atoms with van der Waals surface area (Å²) in [6.45, 7) is 3.47. The number of piperidine rings is 1. The number of hydrogen-bond donors (Lipinski definition) is 1. The first-order valence-electron chi connectivity index (χ1n) is 8.79. The topological polar surface area (TPSA) is 79.0 Å². The van der Waals surface area contributed by atoms with Gasteiger partial charge in [0.25, 0.3) is 0 Å². The van der Waals surface area contributed by atoms with Crippen molar-refractivity contribution in [3.63, 3.8) is 0 Å². The van der Waals surface area contributed by atoms with E-state index in [1.54, 1.807) is 22.5 Å². The van der Waals surface area contributed by atoms with Crippen molar-refractivity contribution in [1.29, 1.82) is 0 Å². The number of halogens is 1. The van der Waals surface area contributed by atoms with E-state index < -0.39 is 10.0 Å². The normalized spacial score (nSPS) is 19.8. The summed E-state index contributed by atoms with van der Waals surface area (Å²) < 4.78 is 27.2. The Labute approximate surface area is 177 Å². The number of thioether (sulfide) groups is 1. The zero-order valence-corrected chi connectivity index (χ0v) is 18.8. The highest BCUT2D eigenvalue weighted by molar-refractivity contribution is 14.0. The van der Waals surface area contributed by atoms with Crippen LogP contribution < -0.4 is 5.73 Å². The van der Waals surface area contributed by atoms with Crippen LogP contribution in [-0.4, -0.2) is 61.3 Å². The van der Waals surface area contributed by atoms with Crippen molar-refractivity contribution >= 4 is 51.7 Å². The van der Waals surface area contributed by atoms with Gasteiger partial charge in [0, 0.05) is 37.7 Å². The fourth-order valence-electron chi connectivity index (χ4n) is 3.12. The number of nitrogens with zero attached hydrogens (tertiary/aromatic N) is 3. The molecular formula is C17H27IN4O2S2. The molecule has 9 heteroatoms.